The van der Waals surface area contributed by atoms with Gasteiger partial charge >= 0.3 is 0 Å². The largest absolute Gasteiger partial charge is 0.276 e. The number of fused-ring (bicyclic) bond motifs is 1. The molecule has 12 heavy (non-hydrogen) atoms. The zero-order valence-corrected chi connectivity index (χ0v) is 8.13. The van der Waals surface area contributed by atoms with E-state index >= 15 is 0 Å². The zero-order valence-electron chi connectivity index (χ0n) is 6.55. The van der Waals surface area contributed by atoms with Crippen LogP contribution < -0.4 is 0 Å². The van der Waals surface area contributed by atoms with Crippen LogP contribution in [0.2, 0.25) is 0 Å². The fourth-order valence-electron chi connectivity index (χ4n) is 1.68. The van der Waals surface area contributed by atoms with Gasteiger partial charge in [-0.15, -0.1) is 0 Å². The van der Waals surface area contributed by atoms with Crippen LogP contribution in [0.25, 0.3) is 0 Å². The quantitative estimate of drug-likeness (QED) is 0.614. The predicted molar refractivity (Wildman–Crippen MR) is 52.9 cm³/mol. The van der Waals surface area contributed by atoms with Gasteiger partial charge in [-0.3, -0.25) is 0 Å². The van der Waals surface area contributed by atoms with Crippen molar-refractivity contribution >= 4 is 22.6 Å². The standard InChI is InChI=1S/C9H7BBrN/c11-9-2-1-7-4-10(6-12)5-8(7)3-9/h1-3H,4-5H2. The Labute approximate surface area is 80.6 Å². The van der Waals surface area contributed by atoms with E-state index in [-0.39, 0.29) is 6.71 Å². The number of hydrogen-bond acceptors (Lipinski definition) is 1. The second-order valence-corrected chi connectivity index (χ2v) is 4.06. The van der Waals surface area contributed by atoms with Crippen LogP contribution in [-0.4, -0.2) is 6.71 Å². The first-order valence-electron chi connectivity index (χ1n) is 3.96. The molecule has 1 aliphatic heterocycles. The van der Waals surface area contributed by atoms with E-state index in [1.807, 2.05) is 6.07 Å². The van der Waals surface area contributed by atoms with Gasteiger partial charge in [-0.05, 0) is 24.8 Å². The maximum Gasteiger partial charge on any atom is 0.276 e. The molecular formula is C9H7BBrN. The molecule has 0 radical (unpaired) electrons. The first-order chi connectivity index (χ1) is 5.79. The molecule has 0 saturated carbocycles. The lowest BCUT2D eigenvalue weighted by Crippen LogP contribution is -2.09. The second-order valence-electron chi connectivity index (χ2n) is 3.15. The van der Waals surface area contributed by atoms with Crippen LogP contribution in [0.3, 0.4) is 0 Å². The van der Waals surface area contributed by atoms with Crippen LogP contribution in [0.5, 0.6) is 0 Å². The van der Waals surface area contributed by atoms with Crippen molar-refractivity contribution in [3.05, 3.63) is 33.8 Å². The average molecular weight is 220 g/mol. The molecule has 0 N–H and O–H groups in total. The highest BCUT2D eigenvalue weighted by molar-refractivity contribution is 9.10. The summed E-state index contributed by atoms with van der Waals surface area (Å²) in [6, 6.07) is 6.27. The van der Waals surface area contributed by atoms with E-state index in [1.54, 1.807) is 0 Å². The van der Waals surface area contributed by atoms with Crippen LogP contribution in [0.15, 0.2) is 22.7 Å². The molecule has 3 heteroatoms. The summed E-state index contributed by atoms with van der Waals surface area (Å²) in [5.41, 5.74) is 2.67. The molecule has 0 amide bonds. The third-order valence-corrected chi connectivity index (χ3v) is 2.78. The normalized spacial score (nSPS) is 14.2. The number of benzene rings is 1. The van der Waals surface area contributed by atoms with Crippen molar-refractivity contribution in [2.24, 2.45) is 0 Å². The minimum Gasteiger partial charge on any atom is -0.213 e. The SMILES string of the molecule is N#CB1Cc2ccc(Br)cc2C1. The van der Waals surface area contributed by atoms with Crippen molar-refractivity contribution in [2.75, 3.05) is 0 Å². The van der Waals surface area contributed by atoms with Gasteiger partial charge in [0.25, 0.3) is 6.71 Å². The Kier molecular flexibility index (Phi) is 1.94. The molecule has 0 fully saturated rings. The number of halogens is 1. The fourth-order valence-corrected chi connectivity index (χ4v) is 2.09. The molecule has 2 rings (SSSR count). The van der Waals surface area contributed by atoms with Gasteiger partial charge in [0, 0.05) is 10.4 Å². The van der Waals surface area contributed by atoms with Crippen LogP contribution in [0.4, 0.5) is 0 Å². The Balaban J connectivity index is 2.37. The van der Waals surface area contributed by atoms with Gasteiger partial charge in [-0.2, -0.15) is 0 Å². The summed E-state index contributed by atoms with van der Waals surface area (Å²) < 4.78 is 1.11. The Morgan fingerprint density at radius 1 is 1.33 bits per heavy atom. The van der Waals surface area contributed by atoms with Gasteiger partial charge in [-0.25, -0.2) is 5.26 Å². The molecule has 1 aliphatic rings. The summed E-state index contributed by atoms with van der Waals surface area (Å²) in [6.45, 7) is 0.203. The topological polar surface area (TPSA) is 23.8 Å². The van der Waals surface area contributed by atoms with E-state index in [4.69, 9.17) is 5.26 Å². The lowest BCUT2D eigenvalue weighted by Gasteiger charge is -1.97. The summed E-state index contributed by atoms with van der Waals surface area (Å²) in [5, 5.41) is 8.75. The highest BCUT2D eigenvalue weighted by Crippen LogP contribution is 2.24. The molecule has 0 aliphatic carbocycles. The van der Waals surface area contributed by atoms with E-state index in [9.17, 15) is 0 Å². The molecule has 0 aromatic heterocycles. The van der Waals surface area contributed by atoms with Gasteiger partial charge in [-0.1, -0.05) is 33.1 Å². The fraction of sp³-hybridized carbons (Fsp3) is 0.222. The first-order valence-corrected chi connectivity index (χ1v) is 4.76. The van der Waals surface area contributed by atoms with E-state index in [2.05, 4.69) is 34.0 Å². The maximum absolute atomic E-state index is 8.75. The number of rotatable bonds is 0. The van der Waals surface area contributed by atoms with Crippen molar-refractivity contribution in [1.82, 2.24) is 0 Å². The van der Waals surface area contributed by atoms with E-state index < -0.39 is 0 Å². The van der Waals surface area contributed by atoms with E-state index in [1.165, 1.54) is 11.1 Å². The van der Waals surface area contributed by atoms with Crippen LogP contribution in [0, 0.1) is 11.2 Å². The zero-order chi connectivity index (χ0) is 8.55. The summed E-state index contributed by atoms with van der Waals surface area (Å²) in [6.07, 6.45) is 1.85. The lowest BCUT2D eigenvalue weighted by molar-refractivity contribution is 1.34. The van der Waals surface area contributed by atoms with Gasteiger partial charge < -0.3 is 0 Å². The molecular weight excluding hydrogens is 213 g/mol. The van der Waals surface area contributed by atoms with Gasteiger partial charge in [0.2, 0.25) is 0 Å². The Morgan fingerprint density at radius 2 is 2.08 bits per heavy atom. The molecule has 0 saturated heterocycles. The average Bonchev–Trinajstić information content (AvgIpc) is 2.46. The summed E-state index contributed by atoms with van der Waals surface area (Å²) in [7, 11) is 0. The molecule has 0 spiro atoms. The van der Waals surface area contributed by atoms with Crippen molar-refractivity contribution in [3.63, 3.8) is 0 Å². The van der Waals surface area contributed by atoms with Crippen molar-refractivity contribution in [1.29, 1.82) is 5.26 Å². The van der Waals surface area contributed by atoms with Gasteiger partial charge in [0.05, 0.1) is 0 Å². The minimum atomic E-state index is 0.203. The molecule has 1 aromatic carbocycles. The van der Waals surface area contributed by atoms with E-state index in [0.29, 0.717) is 0 Å². The maximum atomic E-state index is 8.75. The van der Waals surface area contributed by atoms with Crippen molar-refractivity contribution < 1.29 is 0 Å². The molecule has 0 bridgehead atoms. The Hall–Kier alpha value is -0.745. The first kappa shape index (κ1) is 7.88. The van der Waals surface area contributed by atoms with Crippen molar-refractivity contribution in [3.8, 4) is 5.97 Å². The third-order valence-electron chi connectivity index (χ3n) is 2.28. The minimum absolute atomic E-state index is 0.203. The molecule has 1 nitrogen and oxygen atoms in total. The molecule has 1 heterocycles. The second kappa shape index (κ2) is 2.95. The van der Waals surface area contributed by atoms with Crippen LogP contribution in [-0.2, 0) is 12.6 Å². The van der Waals surface area contributed by atoms with Gasteiger partial charge in [0.1, 0.15) is 0 Å². The van der Waals surface area contributed by atoms with E-state index in [0.717, 1.165) is 17.1 Å². The molecule has 0 atom stereocenters. The lowest BCUT2D eigenvalue weighted by atomic mass is 9.49. The monoisotopic (exact) mass is 219 g/mol. The summed E-state index contributed by atoms with van der Waals surface area (Å²) >= 11 is 3.42. The number of nitriles is 1. The molecule has 0 unspecified atom stereocenters. The highest BCUT2D eigenvalue weighted by atomic mass is 79.9. The predicted octanol–water partition coefficient (Wildman–Crippen LogP) is 2.18. The summed E-state index contributed by atoms with van der Waals surface area (Å²) in [4.78, 5) is 0. The Morgan fingerprint density at radius 3 is 2.83 bits per heavy atom. The molecule has 1 aromatic rings. The smallest absolute Gasteiger partial charge is 0.213 e. The van der Waals surface area contributed by atoms with Gasteiger partial charge in [0.15, 0.2) is 0 Å². The Bertz CT molecular complexity index is 356. The highest BCUT2D eigenvalue weighted by Gasteiger charge is 2.24. The van der Waals surface area contributed by atoms with Crippen molar-refractivity contribution in [2.45, 2.75) is 12.6 Å². The third kappa shape index (κ3) is 1.27. The van der Waals surface area contributed by atoms with Crippen LogP contribution in [0.1, 0.15) is 11.1 Å². The number of nitrogens with zero attached hydrogens (tertiary/aromatic N) is 1. The summed E-state index contributed by atoms with van der Waals surface area (Å²) in [5.74, 6) is 2.31. The number of hydrogen-bond donors (Lipinski definition) is 0. The van der Waals surface area contributed by atoms with Crippen LogP contribution >= 0.6 is 15.9 Å². The molecule has 58 valence electrons.